The van der Waals surface area contributed by atoms with Crippen LogP contribution in [0.3, 0.4) is 0 Å². The van der Waals surface area contributed by atoms with Crippen LogP contribution in [-0.2, 0) is 16.4 Å². The van der Waals surface area contributed by atoms with Gasteiger partial charge in [0, 0.05) is 23.8 Å². The summed E-state index contributed by atoms with van der Waals surface area (Å²) in [7, 11) is -3.33. The van der Waals surface area contributed by atoms with Crippen molar-refractivity contribution >= 4 is 31.7 Å². The van der Waals surface area contributed by atoms with Crippen molar-refractivity contribution in [3.8, 4) is 0 Å². The Kier molecular flexibility index (Phi) is 7.39. The highest BCUT2D eigenvalue weighted by molar-refractivity contribution is 9.10. The van der Waals surface area contributed by atoms with Gasteiger partial charge in [-0.3, -0.25) is 4.98 Å². The van der Waals surface area contributed by atoms with Gasteiger partial charge >= 0.3 is 0 Å². The number of guanidine groups is 1. The van der Waals surface area contributed by atoms with E-state index in [1.165, 1.54) is 0 Å². The molecule has 1 aromatic heterocycles. The lowest BCUT2D eigenvalue weighted by molar-refractivity contribution is 0.594. The predicted octanol–water partition coefficient (Wildman–Crippen LogP) is 2.37. The van der Waals surface area contributed by atoms with Crippen LogP contribution in [-0.4, -0.2) is 38.2 Å². The van der Waals surface area contributed by atoms with E-state index in [4.69, 9.17) is 0 Å². The molecule has 2 rings (SSSR count). The van der Waals surface area contributed by atoms with Crippen LogP contribution in [0.2, 0.25) is 0 Å². The molecule has 1 heterocycles. The lowest BCUT2D eigenvalue weighted by atomic mass is 10.3. The van der Waals surface area contributed by atoms with Crippen LogP contribution in [0.25, 0.3) is 0 Å². The van der Waals surface area contributed by atoms with E-state index in [1.807, 2.05) is 25.1 Å². The molecule has 25 heavy (non-hydrogen) atoms. The van der Waals surface area contributed by atoms with E-state index in [2.05, 4.69) is 36.5 Å². The summed E-state index contributed by atoms with van der Waals surface area (Å²) in [5.41, 5.74) is 0.849. The Balaban J connectivity index is 1.93. The number of hydrogen-bond donors (Lipinski definition) is 2. The SMILES string of the molecule is CCNC(=NCc1ccccn1)NCCS(=O)(=O)c1ccc(Br)cc1. The Morgan fingerprint density at radius 1 is 1.16 bits per heavy atom. The number of aromatic nitrogens is 1. The van der Waals surface area contributed by atoms with Crippen LogP contribution in [0.5, 0.6) is 0 Å². The standard InChI is InChI=1S/C17H21BrN4O2S/c1-2-19-17(22-13-15-5-3-4-10-20-15)21-11-12-25(23,24)16-8-6-14(18)7-9-16/h3-10H,2,11-13H2,1H3,(H2,19,21,22). The summed E-state index contributed by atoms with van der Waals surface area (Å²) in [5, 5.41) is 6.15. The molecule has 0 amide bonds. The molecule has 0 atom stereocenters. The number of nitrogens with zero attached hydrogens (tertiary/aromatic N) is 2. The van der Waals surface area contributed by atoms with Crippen molar-refractivity contribution in [3.05, 3.63) is 58.8 Å². The minimum atomic E-state index is -3.33. The number of hydrogen-bond acceptors (Lipinski definition) is 4. The monoisotopic (exact) mass is 424 g/mol. The highest BCUT2D eigenvalue weighted by Crippen LogP contribution is 2.15. The molecule has 0 aliphatic heterocycles. The molecule has 2 aromatic rings. The molecule has 0 saturated heterocycles. The van der Waals surface area contributed by atoms with Gasteiger partial charge in [-0.2, -0.15) is 0 Å². The molecule has 0 radical (unpaired) electrons. The molecule has 0 saturated carbocycles. The third-order valence-electron chi connectivity index (χ3n) is 3.31. The molecule has 6 nitrogen and oxygen atoms in total. The summed E-state index contributed by atoms with van der Waals surface area (Å²) in [4.78, 5) is 8.95. The van der Waals surface area contributed by atoms with Gasteiger partial charge in [-0.1, -0.05) is 22.0 Å². The Morgan fingerprint density at radius 3 is 2.56 bits per heavy atom. The summed E-state index contributed by atoms with van der Waals surface area (Å²) in [6.45, 7) is 3.34. The van der Waals surface area contributed by atoms with Crippen molar-refractivity contribution in [1.82, 2.24) is 15.6 Å². The van der Waals surface area contributed by atoms with E-state index in [9.17, 15) is 8.42 Å². The molecule has 2 N–H and O–H groups in total. The molecule has 0 aliphatic carbocycles. The van der Waals surface area contributed by atoms with Gasteiger partial charge in [0.1, 0.15) is 0 Å². The van der Waals surface area contributed by atoms with Crippen molar-refractivity contribution in [2.24, 2.45) is 4.99 Å². The number of halogens is 1. The summed E-state index contributed by atoms with van der Waals surface area (Å²) in [6.07, 6.45) is 1.72. The second-order valence-corrected chi connectivity index (χ2v) is 8.24. The third kappa shape index (κ3) is 6.47. The first-order valence-corrected chi connectivity index (χ1v) is 10.4. The minimum absolute atomic E-state index is 0.0113. The molecule has 1 aromatic carbocycles. The summed E-state index contributed by atoms with van der Waals surface area (Å²) < 4.78 is 25.5. The van der Waals surface area contributed by atoms with Crippen LogP contribution in [0.1, 0.15) is 12.6 Å². The van der Waals surface area contributed by atoms with Gasteiger partial charge in [0.15, 0.2) is 15.8 Å². The smallest absolute Gasteiger partial charge is 0.191 e. The molecular weight excluding hydrogens is 404 g/mol. The zero-order valence-corrected chi connectivity index (χ0v) is 16.3. The van der Waals surface area contributed by atoms with Gasteiger partial charge in [-0.05, 0) is 43.3 Å². The summed E-state index contributed by atoms with van der Waals surface area (Å²) >= 11 is 3.30. The predicted molar refractivity (Wildman–Crippen MR) is 103 cm³/mol. The van der Waals surface area contributed by atoms with E-state index in [0.29, 0.717) is 23.9 Å². The van der Waals surface area contributed by atoms with Gasteiger partial charge in [0.05, 0.1) is 22.9 Å². The Hall–Kier alpha value is -1.93. The van der Waals surface area contributed by atoms with Crippen LogP contribution in [0.15, 0.2) is 63.0 Å². The first-order valence-electron chi connectivity index (χ1n) is 7.91. The molecule has 0 unspecified atom stereocenters. The van der Waals surface area contributed by atoms with Crippen molar-refractivity contribution < 1.29 is 8.42 Å². The first kappa shape index (κ1) is 19.4. The third-order valence-corrected chi connectivity index (χ3v) is 5.57. The van der Waals surface area contributed by atoms with Gasteiger partial charge in [0.25, 0.3) is 0 Å². The maximum absolute atomic E-state index is 12.3. The van der Waals surface area contributed by atoms with Gasteiger partial charge in [0.2, 0.25) is 0 Å². The number of benzene rings is 1. The summed E-state index contributed by atoms with van der Waals surface area (Å²) in [6, 6.07) is 12.3. The highest BCUT2D eigenvalue weighted by Gasteiger charge is 2.14. The Bertz CT molecular complexity index is 793. The van der Waals surface area contributed by atoms with E-state index in [1.54, 1.807) is 30.5 Å². The van der Waals surface area contributed by atoms with E-state index < -0.39 is 9.84 Å². The number of nitrogens with one attached hydrogen (secondary N) is 2. The maximum atomic E-state index is 12.3. The Morgan fingerprint density at radius 2 is 1.92 bits per heavy atom. The summed E-state index contributed by atoms with van der Waals surface area (Å²) in [5.74, 6) is 0.557. The minimum Gasteiger partial charge on any atom is -0.357 e. The Labute approximate surface area is 156 Å². The fraction of sp³-hybridized carbons (Fsp3) is 0.294. The van der Waals surface area contributed by atoms with Crippen LogP contribution in [0.4, 0.5) is 0 Å². The largest absolute Gasteiger partial charge is 0.357 e. The fourth-order valence-corrected chi connectivity index (χ4v) is 3.48. The quantitative estimate of drug-likeness (QED) is 0.526. The second kappa shape index (κ2) is 9.53. The maximum Gasteiger partial charge on any atom is 0.191 e. The number of sulfone groups is 1. The highest BCUT2D eigenvalue weighted by atomic mass is 79.9. The molecule has 0 spiro atoms. The molecule has 0 fully saturated rings. The number of rotatable bonds is 7. The lowest BCUT2D eigenvalue weighted by Gasteiger charge is -2.11. The van der Waals surface area contributed by atoms with Crippen molar-refractivity contribution in [2.45, 2.75) is 18.4 Å². The molecular formula is C17H21BrN4O2S. The lowest BCUT2D eigenvalue weighted by Crippen LogP contribution is -2.39. The zero-order chi connectivity index (χ0) is 18.1. The van der Waals surface area contributed by atoms with E-state index in [-0.39, 0.29) is 12.3 Å². The van der Waals surface area contributed by atoms with Gasteiger partial charge in [-0.25, -0.2) is 13.4 Å². The average molecular weight is 425 g/mol. The van der Waals surface area contributed by atoms with E-state index in [0.717, 1.165) is 10.2 Å². The molecule has 8 heteroatoms. The van der Waals surface area contributed by atoms with Crippen molar-refractivity contribution in [1.29, 1.82) is 0 Å². The topological polar surface area (TPSA) is 83.4 Å². The van der Waals surface area contributed by atoms with Crippen LogP contribution < -0.4 is 10.6 Å². The molecule has 0 bridgehead atoms. The van der Waals surface area contributed by atoms with Crippen molar-refractivity contribution in [3.63, 3.8) is 0 Å². The van der Waals surface area contributed by atoms with Gasteiger partial charge in [-0.15, -0.1) is 0 Å². The number of pyridine rings is 1. The zero-order valence-electron chi connectivity index (χ0n) is 13.9. The first-order chi connectivity index (χ1) is 12.0. The van der Waals surface area contributed by atoms with Crippen LogP contribution in [0, 0.1) is 0 Å². The molecule has 134 valence electrons. The van der Waals surface area contributed by atoms with Gasteiger partial charge < -0.3 is 10.6 Å². The van der Waals surface area contributed by atoms with E-state index >= 15 is 0 Å². The van der Waals surface area contributed by atoms with Crippen LogP contribution >= 0.6 is 15.9 Å². The second-order valence-electron chi connectivity index (χ2n) is 5.22. The van der Waals surface area contributed by atoms with Crippen molar-refractivity contribution in [2.75, 3.05) is 18.8 Å². The molecule has 0 aliphatic rings. The normalized spacial score (nSPS) is 12.0. The fourth-order valence-electron chi connectivity index (χ4n) is 2.06. The number of aliphatic imine (C=N–C) groups is 1. The average Bonchev–Trinajstić information content (AvgIpc) is 2.61.